The van der Waals surface area contributed by atoms with Crippen LogP contribution in [0.3, 0.4) is 0 Å². The largest absolute Gasteiger partial charge is 0.331 e. The van der Waals surface area contributed by atoms with Crippen molar-refractivity contribution in [2.75, 3.05) is 0 Å². The predicted octanol–water partition coefficient (Wildman–Crippen LogP) is 3.25. The van der Waals surface area contributed by atoms with Crippen molar-refractivity contribution in [1.29, 1.82) is 5.26 Å². The normalized spacial score (nSPS) is 10.6. The molecule has 0 amide bonds. The van der Waals surface area contributed by atoms with Crippen LogP contribution in [-0.4, -0.2) is 9.55 Å². The van der Waals surface area contributed by atoms with Gasteiger partial charge in [0, 0.05) is 11.9 Å². The van der Waals surface area contributed by atoms with Crippen LogP contribution in [-0.2, 0) is 13.0 Å². The molecule has 0 atom stereocenters. The van der Waals surface area contributed by atoms with E-state index in [2.05, 4.69) is 33.9 Å². The van der Waals surface area contributed by atoms with E-state index in [0.29, 0.717) is 0 Å². The fraction of sp³-hybridized carbons (Fsp3) is 0.333. The Balaban J connectivity index is 2.91. The third kappa shape index (κ3) is 1.52. The fourth-order valence-corrected chi connectivity index (χ4v) is 2.44. The predicted molar refractivity (Wildman–Crippen MR) is 67.2 cm³/mol. The van der Waals surface area contributed by atoms with Gasteiger partial charge in [0.05, 0.1) is 11.7 Å². The molecule has 0 aliphatic carbocycles. The van der Waals surface area contributed by atoms with E-state index in [-0.39, 0.29) is 0 Å². The van der Waals surface area contributed by atoms with Crippen LogP contribution < -0.4 is 0 Å². The number of nitrogens with zero attached hydrogens (tertiary/aromatic N) is 3. The van der Waals surface area contributed by atoms with Gasteiger partial charge in [-0.15, -0.1) is 0 Å². The lowest BCUT2D eigenvalue weighted by Crippen LogP contribution is -1.98. The third-order valence-corrected chi connectivity index (χ3v) is 3.23. The second-order valence-corrected chi connectivity index (χ2v) is 4.37. The van der Waals surface area contributed by atoms with Crippen molar-refractivity contribution < 1.29 is 0 Å². The lowest BCUT2D eigenvalue weighted by atomic mass is 10.1. The van der Waals surface area contributed by atoms with Crippen LogP contribution in [0.4, 0.5) is 0 Å². The van der Waals surface area contributed by atoms with Gasteiger partial charge in [0.2, 0.25) is 0 Å². The Bertz CT molecular complexity index is 578. The van der Waals surface area contributed by atoms with Crippen LogP contribution in [0.1, 0.15) is 25.1 Å². The minimum absolute atomic E-state index is 0.764. The van der Waals surface area contributed by atoms with Crippen molar-refractivity contribution in [3.8, 4) is 6.07 Å². The Morgan fingerprint density at radius 3 is 2.81 bits per heavy atom. The molecule has 0 radical (unpaired) electrons. The lowest BCUT2D eigenvalue weighted by molar-refractivity contribution is 0.778. The molecule has 0 fully saturated rings. The number of nitriles is 1. The molecule has 2 aromatic heterocycles. The molecule has 0 unspecified atom stereocenters. The van der Waals surface area contributed by atoms with E-state index in [1.807, 2.05) is 23.8 Å². The monoisotopic (exact) mass is 277 g/mol. The van der Waals surface area contributed by atoms with Crippen molar-refractivity contribution in [3.05, 3.63) is 28.1 Å². The van der Waals surface area contributed by atoms with Crippen LogP contribution in [0.15, 0.2) is 16.9 Å². The molecule has 0 bridgehead atoms. The summed E-state index contributed by atoms with van der Waals surface area (Å²) in [5.41, 5.74) is 2.92. The zero-order valence-electron chi connectivity index (χ0n) is 9.29. The van der Waals surface area contributed by atoms with Crippen molar-refractivity contribution in [2.45, 2.75) is 26.8 Å². The zero-order chi connectivity index (χ0) is 11.7. The van der Waals surface area contributed by atoms with Crippen LogP contribution in [0, 0.1) is 11.3 Å². The molecule has 0 aliphatic heterocycles. The summed E-state index contributed by atoms with van der Waals surface area (Å²) in [6.45, 7) is 4.91. The Labute approximate surface area is 103 Å². The summed E-state index contributed by atoms with van der Waals surface area (Å²) in [4.78, 5) is 4.23. The molecule has 0 saturated carbocycles. The molecular weight excluding hydrogens is 266 g/mol. The first-order chi connectivity index (χ1) is 7.72. The molecule has 2 aromatic rings. The molecule has 0 saturated heterocycles. The summed E-state index contributed by atoms with van der Waals surface area (Å²) < 4.78 is 2.83. The van der Waals surface area contributed by atoms with E-state index in [1.54, 1.807) is 0 Å². The lowest BCUT2D eigenvalue weighted by Gasteiger charge is -2.01. The molecular formula is C12H12BrN3. The minimum atomic E-state index is 0.764. The number of rotatable bonds is 2. The van der Waals surface area contributed by atoms with Gasteiger partial charge in [-0.1, -0.05) is 6.92 Å². The first-order valence-corrected chi connectivity index (χ1v) is 6.08. The van der Waals surface area contributed by atoms with Gasteiger partial charge in [-0.2, -0.15) is 5.26 Å². The van der Waals surface area contributed by atoms with E-state index in [1.165, 1.54) is 0 Å². The van der Waals surface area contributed by atoms with E-state index >= 15 is 0 Å². The quantitative estimate of drug-likeness (QED) is 0.791. The molecule has 3 nitrogen and oxygen atoms in total. The average molecular weight is 278 g/mol. The van der Waals surface area contributed by atoms with Crippen molar-refractivity contribution in [2.24, 2.45) is 0 Å². The van der Waals surface area contributed by atoms with Crippen molar-refractivity contribution >= 4 is 26.8 Å². The van der Waals surface area contributed by atoms with Gasteiger partial charge in [-0.05, 0) is 40.9 Å². The Morgan fingerprint density at radius 2 is 2.25 bits per heavy atom. The zero-order valence-corrected chi connectivity index (χ0v) is 10.9. The van der Waals surface area contributed by atoms with Crippen molar-refractivity contribution in [1.82, 2.24) is 9.55 Å². The Hall–Kier alpha value is -1.34. The van der Waals surface area contributed by atoms with E-state index in [4.69, 9.17) is 0 Å². The van der Waals surface area contributed by atoms with Gasteiger partial charge in [0.25, 0.3) is 0 Å². The molecule has 16 heavy (non-hydrogen) atoms. The Morgan fingerprint density at radius 1 is 1.50 bits per heavy atom. The topological polar surface area (TPSA) is 41.6 Å². The van der Waals surface area contributed by atoms with Gasteiger partial charge in [-0.25, -0.2) is 4.98 Å². The van der Waals surface area contributed by atoms with Gasteiger partial charge >= 0.3 is 0 Å². The Kier molecular flexibility index (Phi) is 2.97. The number of aryl methyl sites for hydroxylation is 2. The van der Waals surface area contributed by atoms with E-state index in [0.717, 1.165) is 39.7 Å². The number of hydrogen-bond acceptors (Lipinski definition) is 2. The highest BCUT2D eigenvalue weighted by molar-refractivity contribution is 9.10. The van der Waals surface area contributed by atoms with Gasteiger partial charge in [0.1, 0.15) is 16.4 Å². The first kappa shape index (κ1) is 11.2. The maximum Gasteiger partial charge on any atom is 0.124 e. The summed E-state index contributed by atoms with van der Waals surface area (Å²) in [5, 5.41) is 10.4. The molecule has 2 heterocycles. The SMILES string of the molecule is CCc1c(C#N)n(CC)c2cnc(Br)cc12. The molecule has 0 spiro atoms. The number of aromatic nitrogens is 2. The summed E-state index contributed by atoms with van der Waals surface area (Å²) in [6, 6.07) is 4.28. The highest BCUT2D eigenvalue weighted by Crippen LogP contribution is 2.27. The fourth-order valence-electron chi connectivity index (χ4n) is 2.10. The third-order valence-electron chi connectivity index (χ3n) is 2.80. The molecule has 4 heteroatoms. The molecule has 0 aromatic carbocycles. The average Bonchev–Trinajstić information content (AvgIpc) is 2.60. The maximum absolute atomic E-state index is 9.23. The molecule has 0 aliphatic rings. The smallest absolute Gasteiger partial charge is 0.124 e. The molecule has 82 valence electrons. The summed E-state index contributed by atoms with van der Waals surface area (Å²) >= 11 is 3.37. The van der Waals surface area contributed by atoms with Gasteiger partial charge < -0.3 is 4.57 Å². The van der Waals surface area contributed by atoms with Crippen LogP contribution >= 0.6 is 15.9 Å². The van der Waals surface area contributed by atoms with Crippen molar-refractivity contribution in [3.63, 3.8) is 0 Å². The second kappa shape index (κ2) is 4.26. The highest BCUT2D eigenvalue weighted by atomic mass is 79.9. The van der Waals surface area contributed by atoms with Crippen LogP contribution in [0.25, 0.3) is 10.9 Å². The summed E-state index contributed by atoms with van der Waals surface area (Å²) in [5.74, 6) is 0. The number of fused-ring (bicyclic) bond motifs is 1. The standard InChI is InChI=1S/C12H12BrN3/c1-3-8-9-5-12(13)15-7-11(9)16(4-2)10(8)6-14/h5,7H,3-4H2,1-2H3. The molecule has 0 N–H and O–H groups in total. The second-order valence-electron chi connectivity index (χ2n) is 3.56. The highest BCUT2D eigenvalue weighted by Gasteiger charge is 2.15. The summed E-state index contributed by atoms with van der Waals surface area (Å²) in [6.07, 6.45) is 2.69. The summed E-state index contributed by atoms with van der Waals surface area (Å²) in [7, 11) is 0. The molecule has 2 rings (SSSR count). The number of hydrogen-bond donors (Lipinski definition) is 0. The van der Waals surface area contributed by atoms with Gasteiger partial charge in [-0.3, -0.25) is 0 Å². The number of halogens is 1. The van der Waals surface area contributed by atoms with Crippen LogP contribution in [0.2, 0.25) is 0 Å². The first-order valence-electron chi connectivity index (χ1n) is 5.29. The number of pyridine rings is 1. The van der Waals surface area contributed by atoms with E-state index in [9.17, 15) is 5.26 Å². The maximum atomic E-state index is 9.23. The minimum Gasteiger partial charge on any atom is -0.331 e. The van der Waals surface area contributed by atoms with E-state index < -0.39 is 0 Å². The van der Waals surface area contributed by atoms with Crippen LogP contribution in [0.5, 0.6) is 0 Å². The van der Waals surface area contributed by atoms with Gasteiger partial charge in [0.15, 0.2) is 0 Å².